The maximum atomic E-state index is 2.70. The summed E-state index contributed by atoms with van der Waals surface area (Å²) in [7, 11) is 2.39. The largest absolute Gasteiger partial charge is 0.303 e. The highest BCUT2D eigenvalue weighted by Gasteiger charge is 2.34. The molecule has 0 spiro atoms. The van der Waals surface area contributed by atoms with E-state index in [-0.39, 0.29) is 0 Å². The van der Waals surface area contributed by atoms with Crippen LogP contribution in [0.15, 0.2) is 0 Å². The van der Waals surface area contributed by atoms with Gasteiger partial charge in [-0.15, -0.1) is 0 Å². The second-order valence-corrected chi connectivity index (χ2v) is 8.33. The lowest BCUT2D eigenvalue weighted by Crippen LogP contribution is -2.40. The summed E-state index contributed by atoms with van der Waals surface area (Å²) in [6, 6.07) is 0.910. The number of rotatable bonds is 4. The summed E-state index contributed by atoms with van der Waals surface area (Å²) in [6.07, 6.45) is 21.3. The average Bonchev–Trinajstić information content (AvgIpc) is 2.56. The second kappa shape index (κ2) is 7.99. The number of likely N-dealkylation sites (tertiary alicyclic amines) is 1. The summed E-state index contributed by atoms with van der Waals surface area (Å²) >= 11 is 0. The highest BCUT2D eigenvalue weighted by atomic mass is 15.1. The van der Waals surface area contributed by atoms with E-state index in [0.29, 0.717) is 0 Å². The highest BCUT2D eigenvalue weighted by Crippen LogP contribution is 2.43. The lowest BCUT2D eigenvalue weighted by atomic mass is 9.67. The molecule has 3 rings (SSSR count). The van der Waals surface area contributed by atoms with Crippen LogP contribution >= 0.6 is 0 Å². The van der Waals surface area contributed by atoms with Crippen LogP contribution in [0.25, 0.3) is 0 Å². The number of nitrogens with zero attached hydrogens (tertiary/aromatic N) is 1. The molecule has 2 saturated carbocycles. The lowest BCUT2D eigenvalue weighted by Gasteiger charge is -2.42. The molecule has 0 bridgehead atoms. The lowest BCUT2D eigenvalue weighted by molar-refractivity contribution is 0.0810. The van der Waals surface area contributed by atoms with Crippen molar-refractivity contribution in [2.75, 3.05) is 13.6 Å². The normalized spacial score (nSPS) is 30.9. The second-order valence-electron chi connectivity index (χ2n) is 8.33. The van der Waals surface area contributed by atoms with Crippen molar-refractivity contribution in [3.63, 3.8) is 0 Å². The van der Waals surface area contributed by atoms with Gasteiger partial charge in [0.1, 0.15) is 0 Å². The maximum Gasteiger partial charge on any atom is 0.00950 e. The predicted molar refractivity (Wildman–Crippen MR) is 91.5 cm³/mol. The molecule has 1 saturated heterocycles. The van der Waals surface area contributed by atoms with Gasteiger partial charge in [-0.3, -0.25) is 0 Å². The van der Waals surface area contributed by atoms with Gasteiger partial charge in [0.15, 0.2) is 0 Å². The van der Waals surface area contributed by atoms with Crippen molar-refractivity contribution in [2.45, 2.75) is 95.9 Å². The number of piperidine rings is 1. The molecule has 21 heavy (non-hydrogen) atoms. The molecule has 0 radical (unpaired) electrons. The first-order chi connectivity index (χ1) is 10.3. The van der Waals surface area contributed by atoms with Gasteiger partial charge >= 0.3 is 0 Å². The Hall–Kier alpha value is -0.0400. The standard InChI is InChI=1S/C20H37N/c1-21-15-9-8-14-19(21)16-20(17-10-4-2-5-11-17)18-12-6-3-7-13-18/h17-20H,2-16H2,1H3/t19-/m0/s1. The minimum atomic E-state index is 0.910. The molecule has 0 amide bonds. The van der Waals surface area contributed by atoms with Crippen molar-refractivity contribution in [3.8, 4) is 0 Å². The molecule has 1 heteroatoms. The summed E-state index contributed by atoms with van der Waals surface area (Å²) in [5.41, 5.74) is 0. The molecule has 1 aliphatic heterocycles. The summed E-state index contributed by atoms with van der Waals surface area (Å²) in [6.45, 7) is 1.35. The van der Waals surface area contributed by atoms with Crippen molar-refractivity contribution in [1.82, 2.24) is 4.90 Å². The van der Waals surface area contributed by atoms with Crippen LogP contribution in [-0.4, -0.2) is 24.5 Å². The van der Waals surface area contributed by atoms with Crippen molar-refractivity contribution < 1.29 is 0 Å². The molecular formula is C20H37N. The molecule has 0 unspecified atom stereocenters. The summed E-state index contributed by atoms with van der Waals surface area (Å²) in [4.78, 5) is 2.70. The Kier molecular flexibility index (Phi) is 6.03. The first-order valence-corrected chi connectivity index (χ1v) is 10.0. The molecule has 0 aromatic carbocycles. The van der Waals surface area contributed by atoms with Gasteiger partial charge in [-0.25, -0.2) is 0 Å². The third kappa shape index (κ3) is 4.24. The van der Waals surface area contributed by atoms with Crippen LogP contribution < -0.4 is 0 Å². The van der Waals surface area contributed by atoms with Crippen molar-refractivity contribution >= 4 is 0 Å². The fourth-order valence-electron chi connectivity index (χ4n) is 5.65. The van der Waals surface area contributed by atoms with E-state index in [1.54, 1.807) is 25.7 Å². The van der Waals surface area contributed by atoms with Crippen LogP contribution in [0.1, 0.15) is 89.9 Å². The summed E-state index contributed by atoms with van der Waals surface area (Å²) in [5.74, 6) is 3.23. The monoisotopic (exact) mass is 291 g/mol. The molecule has 3 aliphatic rings. The van der Waals surface area contributed by atoms with E-state index >= 15 is 0 Å². The zero-order chi connectivity index (χ0) is 14.5. The van der Waals surface area contributed by atoms with Crippen LogP contribution in [0, 0.1) is 17.8 Å². The average molecular weight is 292 g/mol. The van der Waals surface area contributed by atoms with Gasteiger partial charge in [-0.05, 0) is 50.6 Å². The Labute approximate surface area is 132 Å². The summed E-state index contributed by atoms with van der Waals surface area (Å²) < 4.78 is 0. The van der Waals surface area contributed by atoms with Gasteiger partial charge in [0.05, 0.1) is 0 Å². The van der Waals surface area contributed by atoms with Gasteiger partial charge < -0.3 is 4.90 Å². The fraction of sp³-hybridized carbons (Fsp3) is 1.00. The van der Waals surface area contributed by atoms with Gasteiger partial charge in [0.25, 0.3) is 0 Å². The molecule has 0 aromatic heterocycles. The zero-order valence-corrected chi connectivity index (χ0v) is 14.4. The maximum absolute atomic E-state index is 2.70. The molecular weight excluding hydrogens is 254 g/mol. The number of hydrogen-bond donors (Lipinski definition) is 0. The topological polar surface area (TPSA) is 3.24 Å². The third-order valence-electron chi connectivity index (χ3n) is 6.98. The van der Waals surface area contributed by atoms with E-state index in [9.17, 15) is 0 Å². The predicted octanol–water partition coefficient (Wildman–Crippen LogP) is 5.64. The van der Waals surface area contributed by atoms with Gasteiger partial charge in [-0.1, -0.05) is 70.6 Å². The van der Waals surface area contributed by atoms with Crippen molar-refractivity contribution in [2.24, 2.45) is 17.8 Å². The first-order valence-electron chi connectivity index (χ1n) is 10.0. The fourth-order valence-corrected chi connectivity index (χ4v) is 5.65. The van der Waals surface area contributed by atoms with Crippen LogP contribution in [0.4, 0.5) is 0 Å². The van der Waals surface area contributed by atoms with E-state index in [1.165, 1.54) is 70.8 Å². The van der Waals surface area contributed by atoms with Crippen LogP contribution in [-0.2, 0) is 0 Å². The molecule has 1 heterocycles. The van der Waals surface area contributed by atoms with Crippen molar-refractivity contribution in [1.29, 1.82) is 0 Å². The van der Waals surface area contributed by atoms with Crippen LogP contribution in [0.2, 0.25) is 0 Å². The Balaban J connectivity index is 1.64. The molecule has 0 N–H and O–H groups in total. The molecule has 2 aliphatic carbocycles. The summed E-state index contributed by atoms with van der Waals surface area (Å²) in [5, 5.41) is 0. The Morgan fingerprint density at radius 3 is 1.76 bits per heavy atom. The number of hydrogen-bond acceptors (Lipinski definition) is 1. The van der Waals surface area contributed by atoms with Crippen LogP contribution in [0.3, 0.4) is 0 Å². The zero-order valence-electron chi connectivity index (χ0n) is 14.4. The van der Waals surface area contributed by atoms with E-state index < -0.39 is 0 Å². The molecule has 122 valence electrons. The van der Waals surface area contributed by atoms with E-state index in [1.807, 2.05) is 0 Å². The molecule has 3 fully saturated rings. The minimum Gasteiger partial charge on any atom is -0.303 e. The Bertz CT molecular complexity index is 270. The van der Waals surface area contributed by atoms with Crippen LogP contribution in [0.5, 0.6) is 0 Å². The SMILES string of the molecule is CN1CCCC[C@H]1CC(C1CCCCC1)C1CCCCC1. The molecule has 1 atom stereocenters. The molecule has 0 aromatic rings. The van der Waals surface area contributed by atoms with E-state index in [0.717, 1.165) is 23.8 Å². The van der Waals surface area contributed by atoms with E-state index in [2.05, 4.69) is 11.9 Å². The minimum absolute atomic E-state index is 0.910. The highest BCUT2D eigenvalue weighted by molar-refractivity contribution is 4.86. The third-order valence-corrected chi connectivity index (χ3v) is 6.98. The van der Waals surface area contributed by atoms with Crippen molar-refractivity contribution in [3.05, 3.63) is 0 Å². The molecule has 1 nitrogen and oxygen atoms in total. The Morgan fingerprint density at radius 2 is 1.24 bits per heavy atom. The first kappa shape index (κ1) is 15.8. The quantitative estimate of drug-likeness (QED) is 0.648. The smallest absolute Gasteiger partial charge is 0.00950 e. The Morgan fingerprint density at radius 1 is 0.714 bits per heavy atom. The van der Waals surface area contributed by atoms with Gasteiger partial charge in [0.2, 0.25) is 0 Å². The van der Waals surface area contributed by atoms with Gasteiger partial charge in [-0.2, -0.15) is 0 Å². The van der Waals surface area contributed by atoms with E-state index in [4.69, 9.17) is 0 Å². The van der Waals surface area contributed by atoms with Gasteiger partial charge in [0, 0.05) is 6.04 Å².